The van der Waals surface area contributed by atoms with Crippen molar-refractivity contribution in [2.75, 3.05) is 0 Å². The van der Waals surface area contributed by atoms with Gasteiger partial charge in [-0.3, -0.25) is 9.59 Å². The molecule has 0 aromatic carbocycles. The summed E-state index contributed by atoms with van der Waals surface area (Å²) in [6.07, 6.45) is 5.12. The molecular weight excluding hydrogens is 170 g/mol. The van der Waals surface area contributed by atoms with Crippen molar-refractivity contribution in [2.45, 2.75) is 26.3 Å². The van der Waals surface area contributed by atoms with Crippen molar-refractivity contribution in [2.24, 2.45) is 5.92 Å². The average Bonchev–Trinajstić information content (AvgIpc) is 2.02. The maximum atomic E-state index is 11.2. The topological polar surface area (TPSA) is 66.4 Å². The molecule has 72 valence electrons. The van der Waals surface area contributed by atoms with E-state index in [1.807, 2.05) is 0 Å². The van der Waals surface area contributed by atoms with E-state index in [-0.39, 0.29) is 0 Å². The lowest BCUT2D eigenvalue weighted by Crippen LogP contribution is -2.46. The molecule has 0 aliphatic rings. The van der Waals surface area contributed by atoms with E-state index in [0.717, 1.165) is 0 Å². The molecule has 4 nitrogen and oxygen atoms in total. The van der Waals surface area contributed by atoms with Crippen molar-refractivity contribution in [1.29, 1.82) is 0 Å². The lowest BCUT2D eigenvalue weighted by molar-refractivity contribution is -0.146. The van der Waals surface area contributed by atoms with Crippen LogP contribution in [0.3, 0.4) is 0 Å². The van der Waals surface area contributed by atoms with Gasteiger partial charge in [-0.15, -0.1) is 6.42 Å². The molecule has 0 radical (unpaired) electrons. The monoisotopic (exact) mass is 183 g/mol. The number of rotatable bonds is 3. The van der Waals surface area contributed by atoms with Crippen LogP contribution < -0.4 is 5.32 Å². The zero-order valence-corrected chi connectivity index (χ0v) is 7.92. The van der Waals surface area contributed by atoms with Crippen LogP contribution in [0.4, 0.5) is 0 Å². The number of carboxylic acids is 1. The third-order valence-electron chi connectivity index (χ3n) is 1.56. The van der Waals surface area contributed by atoms with Crippen molar-refractivity contribution in [3.63, 3.8) is 0 Å². The number of hydrogen-bond donors (Lipinski definition) is 2. The van der Waals surface area contributed by atoms with Crippen LogP contribution in [-0.4, -0.2) is 22.5 Å². The first-order valence-electron chi connectivity index (χ1n) is 3.83. The molecule has 2 N–H and O–H groups in total. The number of aliphatic carboxylic acids is 1. The Kier molecular flexibility index (Phi) is 3.49. The molecule has 0 rings (SSSR count). The number of carbonyl (C=O) groups is 2. The number of carbonyl (C=O) groups excluding carboxylic acids is 1. The fourth-order valence-corrected chi connectivity index (χ4v) is 0.564. The Morgan fingerprint density at radius 3 is 2.31 bits per heavy atom. The van der Waals surface area contributed by atoms with Gasteiger partial charge in [0.1, 0.15) is 5.92 Å². The molecule has 0 aliphatic carbocycles. The van der Waals surface area contributed by atoms with Gasteiger partial charge in [0.15, 0.2) is 0 Å². The summed E-state index contributed by atoms with van der Waals surface area (Å²) < 4.78 is 0. The van der Waals surface area contributed by atoms with Crippen LogP contribution in [0.1, 0.15) is 20.8 Å². The van der Waals surface area contributed by atoms with Gasteiger partial charge in [-0.25, -0.2) is 0 Å². The zero-order valence-electron chi connectivity index (χ0n) is 7.92. The Hall–Kier alpha value is -1.50. The third kappa shape index (κ3) is 3.61. The summed E-state index contributed by atoms with van der Waals surface area (Å²) >= 11 is 0. The molecule has 1 atom stereocenters. The van der Waals surface area contributed by atoms with E-state index < -0.39 is 23.3 Å². The fraction of sp³-hybridized carbons (Fsp3) is 0.556. The van der Waals surface area contributed by atoms with Gasteiger partial charge in [-0.1, -0.05) is 5.92 Å². The summed E-state index contributed by atoms with van der Waals surface area (Å²) in [5.74, 6) is -0.471. The third-order valence-corrected chi connectivity index (χ3v) is 1.56. The predicted octanol–water partition coefficient (Wildman–Crippen LogP) is 0.235. The second kappa shape index (κ2) is 3.94. The fourth-order valence-electron chi connectivity index (χ4n) is 0.564. The van der Waals surface area contributed by atoms with E-state index >= 15 is 0 Å². The lowest BCUT2D eigenvalue weighted by atomic mass is 10.0. The van der Waals surface area contributed by atoms with E-state index in [9.17, 15) is 9.59 Å². The van der Waals surface area contributed by atoms with Gasteiger partial charge in [-0.05, 0) is 20.8 Å². The van der Waals surface area contributed by atoms with Crippen LogP contribution >= 0.6 is 0 Å². The van der Waals surface area contributed by atoms with Crippen LogP contribution in [0.25, 0.3) is 0 Å². The minimum Gasteiger partial charge on any atom is -0.481 e. The number of hydrogen-bond acceptors (Lipinski definition) is 2. The second-order valence-electron chi connectivity index (χ2n) is 3.32. The van der Waals surface area contributed by atoms with E-state index in [1.54, 1.807) is 13.8 Å². The molecule has 0 saturated heterocycles. The number of nitrogens with one attached hydrogen (secondary N) is 1. The van der Waals surface area contributed by atoms with Gasteiger partial charge in [0.05, 0.1) is 5.54 Å². The summed E-state index contributed by atoms with van der Waals surface area (Å²) in [7, 11) is 0. The molecule has 0 bridgehead atoms. The maximum absolute atomic E-state index is 11.2. The highest BCUT2D eigenvalue weighted by molar-refractivity contribution is 5.96. The Morgan fingerprint density at radius 2 is 2.00 bits per heavy atom. The molecule has 0 spiro atoms. The normalized spacial score (nSPS) is 12.8. The number of carboxylic acid groups (broad SMARTS) is 1. The van der Waals surface area contributed by atoms with E-state index in [0.29, 0.717) is 0 Å². The predicted molar refractivity (Wildman–Crippen MR) is 47.9 cm³/mol. The van der Waals surface area contributed by atoms with Crippen molar-refractivity contribution < 1.29 is 14.7 Å². The van der Waals surface area contributed by atoms with Gasteiger partial charge < -0.3 is 10.4 Å². The first-order valence-corrected chi connectivity index (χ1v) is 3.83. The van der Waals surface area contributed by atoms with Crippen molar-refractivity contribution in [3.8, 4) is 12.3 Å². The zero-order chi connectivity index (χ0) is 10.6. The first-order chi connectivity index (χ1) is 5.80. The Bertz CT molecular complexity index is 263. The van der Waals surface area contributed by atoms with E-state index in [2.05, 4.69) is 11.2 Å². The smallest absolute Gasteiger partial charge is 0.315 e. The highest BCUT2D eigenvalue weighted by Gasteiger charge is 2.25. The van der Waals surface area contributed by atoms with Gasteiger partial charge in [0.2, 0.25) is 5.91 Å². The Labute approximate surface area is 77.3 Å². The molecule has 0 fully saturated rings. The minimum atomic E-state index is -1.16. The minimum absolute atomic E-state index is 0.574. The summed E-state index contributed by atoms with van der Waals surface area (Å²) in [5.41, 5.74) is -0.805. The van der Waals surface area contributed by atoms with Crippen molar-refractivity contribution in [1.82, 2.24) is 5.32 Å². The molecular formula is C9H13NO3. The standard InChI is InChI=1S/C9H13NO3/c1-5-9(3,4)10-7(11)6(2)8(12)13/h1,6H,2-4H3,(H,10,11)(H,12,13). The quantitative estimate of drug-likeness (QED) is 0.486. The molecule has 0 saturated carbocycles. The summed E-state index contributed by atoms with van der Waals surface area (Å²) in [4.78, 5) is 21.6. The van der Waals surface area contributed by atoms with Crippen LogP contribution in [0.15, 0.2) is 0 Å². The number of terminal acetylenes is 1. The molecule has 0 aliphatic heterocycles. The van der Waals surface area contributed by atoms with Gasteiger partial charge in [0.25, 0.3) is 0 Å². The number of amides is 1. The summed E-state index contributed by atoms with van der Waals surface area (Å²) in [6.45, 7) is 4.56. The Morgan fingerprint density at radius 1 is 1.54 bits per heavy atom. The lowest BCUT2D eigenvalue weighted by Gasteiger charge is -2.20. The van der Waals surface area contributed by atoms with E-state index in [1.165, 1.54) is 6.92 Å². The van der Waals surface area contributed by atoms with E-state index in [4.69, 9.17) is 11.5 Å². The van der Waals surface area contributed by atoms with Gasteiger partial charge in [0, 0.05) is 0 Å². The van der Waals surface area contributed by atoms with Crippen LogP contribution in [0, 0.1) is 18.3 Å². The largest absolute Gasteiger partial charge is 0.481 e. The van der Waals surface area contributed by atoms with Crippen molar-refractivity contribution >= 4 is 11.9 Å². The second-order valence-corrected chi connectivity index (χ2v) is 3.32. The molecule has 4 heteroatoms. The van der Waals surface area contributed by atoms with Gasteiger partial charge in [-0.2, -0.15) is 0 Å². The SMILES string of the molecule is C#CC(C)(C)NC(=O)C(C)C(=O)O. The maximum Gasteiger partial charge on any atom is 0.315 e. The Balaban J connectivity index is 4.34. The van der Waals surface area contributed by atoms with Gasteiger partial charge >= 0.3 is 5.97 Å². The summed E-state index contributed by atoms with van der Waals surface area (Å²) in [5, 5.41) is 10.9. The highest BCUT2D eigenvalue weighted by atomic mass is 16.4. The molecule has 0 heterocycles. The highest BCUT2D eigenvalue weighted by Crippen LogP contribution is 2.02. The van der Waals surface area contributed by atoms with Crippen LogP contribution in [0.5, 0.6) is 0 Å². The first kappa shape index (κ1) is 11.5. The molecule has 13 heavy (non-hydrogen) atoms. The van der Waals surface area contributed by atoms with Crippen LogP contribution in [0.2, 0.25) is 0 Å². The summed E-state index contributed by atoms with van der Waals surface area (Å²) in [6, 6.07) is 0. The molecule has 0 aromatic rings. The average molecular weight is 183 g/mol. The van der Waals surface area contributed by atoms with Crippen molar-refractivity contribution in [3.05, 3.63) is 0 Å². The molecule has 1 unspecified atom stereocenters. The molecule has 0 aromatic heterocycles. The molecule has 1 amide bonds. The van der Waals surface area contributed by atoms with Crippen LogP contribution in [-0.2, 0) is 9.59 Å².